The smallest absolute Gasteiger partial charge is 0.225 e. The summed E-state index contributed by atoms with van der Waals surface area (Å²) in [5.41, 5.74) is 5.79. The molecule has 0 aromatic carbocycles. The molecule has 2 rings (SSSR count). The third kappa shape index (κ3) is 2.03. The molecule has 3 heteroatoms. The summed E-state index contributed by atoms with van der Waals surface area (Å²) in [4.78, 5) is 14.2. The molecule has 1 amide bonds. The average Bonchev–Trinajstić information content (AvgIpc) is 2.14. The Labute approximate surface area is 92.0 Å². The van der Waals surface area contributed by atoms with Crippen LogP contribution in [0, 0.1) is 11.8 Å². The number of rotatable bonds is 2. The predicted molar refractivity (Wildman–Crippen MR) is 60.3 cm³/mol. The van der Waals surface area contributed by atoms with Gasteiger partial charge in [0, 0.05) is 25.0 Å². The molecule has 0 unspecified atom stereocenters. The van der Waals surface area contributed by atoms with E-state index in [2.05, 4.69) is 11.8 Å². The molecule has 86 valence electrons. The monoisotopic (exact) mass is 210 g/mol. The van der Waals surface area contributed by atoms with Crippen LogP contribution in [0.15, 0.2) is 0 Å². The van der Waals surface area contributed by atoms with Gasteiger partial charge in [-0.15, -0.1) is 0 Å². The molecular weight excluding hydrogens is 188 g/mol. The molecule has 0 radical (unpaired) electrons. The van der Waals surface area contributed by atoms with E-state index in [4.69, 9.17) is 5.73 Å². The van der Waals surface area contributed by atoms with Gasteiger partial charge in [0.15, 0.2) is 0 Å². The summed E-state index contributed by atoms with van der Waals surface area (Å²) in [7, 11) is 0. The number of hydrogen-bond donors (Lipinski definition) is 1. The van der Waals surface area contributed by atoms with Crippen molar-refractivity contribution in [3.8, 4) is 0 Å². The predicted octanol–water partition coefficient (Wildman–Crippen LogP) is 1.37. The number of hydrogen-bond acceptors (Lipinski definition) is 2. The normalized spacial score (nSPS) is 32.5. The van der Waals surface area contributed by atoms with Crippen LogP contribution in [-0.4, -0.2) is 29.9 Å². The number of piperidine rings is 1. The first-order valence-electron chi connectivity index (χ1n) is 6.24. The fourth-order valence-electron chi connectivity index (χ4n) is 2.77. The summed E-state index contributed by atoms with van der Waals surface area (Å²) in [6.45, 7) is 3.78. The largest absolute Gasteiger partial charge is 0.338 e. The second-order valence-electron chi connectivity index (χ2n) is 5.08. The number of nitrogens with two attached hydrogens (primary N) is 1. The molecule has 2 N–H and O–H groups in total. The van der Waals surface area contributed by atoms with Crippen LogP contribution in [0.1, 0.15) is 39.0 Å². The van der Waals surface area contributed by atoms with Crippen molar-refractivity contribution in [1.29, 1.82) is 0 Å². The topological polar surface area (TPSA) is 46.3 Å². The van der Waals surface area contributed by atoms with Gasteiger partial charge in [-0.1, -0.05) is 13.3 Å². The molecule has 1 heterocycles. The Morgan fingerprint density at radius 3 is 2.60 bits per heavy atom. The fraction of sp³-hybridized carbons (Fsp3) is 0.917. The van der Waals surface area contributed by atoms with Crippen LogP contribution in [0.5, 0.6) is 0 Å². The quantitative estimate of drug-likeness (QED) is 0.748. The Morgan fingerprint density at radius 1 is 1.33 bits per heavy atom. The summed E-state index contributed by atoms with van der Waals surface area (Å²) in [6, 6.07) is 0.298. The fourth-order valence-corrected chi connectivity index (χ4v) is 2.77. The van der Waals surface area contributed by atoms with Crippen molar-refractivity contribution in [2.24, 2.45) is 17.6 Å². The molecule has 2 aliphatic rings. The zero-order chi connectivity index (χ0) is 10.8. The van der Waals surface area contributed by atoms with Crippen molar-refractivity contribution in [2.45, 2.75) is 45.1 Å². The zero-order valence-electron chi connectivity index (χ0n) is 9.61. The Bertz CT molecular complexity index is 238. The molecule has 1 aliphatic carbocycles. The van der Waals surface area contributed by atoms with E-state index >= 15 is 0 Å². The van der Waals surface area contributed by atoms with Gasteiger partial charge in [-0.25, -0.2) is 0 Å². The Balaban J connectivity index is 2.01. The highest BCUT2D eigenvalue weighted by Crippen LogP contribution is 2.31. The Kier molecular flexibility index (Phi) is 3.29. The number of carbonyl (C=O) groups is 1. The minimum Gasteiger partial charge on any atom is -0.338 e. The van der Waals surface area contributed by atoms with E-state index in [1.54, 1.807) is 0 Å². The number of amides is 1. The standard InChI is InChI=1S/C12H22N2O/c1-9-4-3-7-14(11(9)8-13)12(15)10-5-2-6-10/h9-11H,2-8,13H2,1H3/t9-,11+/m1/s1. The Hall–Kier alpha value is -0.570. The lowest BCUT2D eigenvalue weighted by molar-refractivity contribution is -0.143. The zero-order valence-corrected chi connectivity index (χ0v) is 9.61. The molecule has 3 nitrogen and oxygen atoms in total. The van der Waals surface area contributed by atoms with E-state index in [0.717, 1.165) is 25.8 Å². The summed E-state index contributed by atoms with van der Waals surface area (Å²) >= 11 is 0. The van der Waals surface area contributed by atoms with Gasteiger partial charge < -0.3 is 10.6 Å². The number of carbonyl (C=O) groups excluding carboxylic acids is 1. The van der Waals surface area contributed by atoms with E-state index in [1.807, 2.05) is 0 Å². The van der Waals surface area contributed by atoms with E-state index in [9.17, 15) is 4.79 Å². The molecule has 15 heavy (non-hydrogen) atoms. The van der Waals surface area contributed by atoms with Crippen LogP contribution in [0.4, 0.5) is 0 Å². The first kappa shape index (κ1) is 10.9. The van der Waals surface area contributed by atoms with Crippen molar-refractivity contribution in [3.05, 3.63) is 0 Å². The molecule has 1 saturated heterocycles. The van der Waals surface area contributed by atoms with Crippen LogP contribution in [0.3, 0.4) is 0 Å². The molecule has 0 aromatic rings. The first-order valence-corrected chi connectivity index (χ1v) is 6.24. The lowest BCUT2D eigenvalue weighted by atomic mass is 9.82. The van der Waals surface area contributed by atoms with Crippen LogP contribution in [-0.2, 0) is 4.79 Å². The van der Waals surface area contributed by atoms with Gasteiger partial charge in [-0.05, 0) is 31.6 Å². The summed E-state index contributed by atoms with van der Waals surface area (Å²) in [5, 5.41) is 0. The molecule has 0 bridgehead atoms. The molecule has 0 spiro atoms. The van der Waals surface area contributed by atoms with Crippen molar-refractivity contribution in [2.75, 3.05) is 13.1 Å². The van der Waals surface area contributed by atoms with Crippen LogP contribution >= 0.6 is 0 Å². The second-order valence-corrected chi connectivity index (χ2v) is 5.08. The molecule has 1 aliphatic heterocycles. The summed E-state index contributed by atoms with van der Waals surface area (Å²) in [5.74, 6) is 1.28. The number of likely N-dealkylation sites (tertiary alicyclic amines) is 1. The van der Waals surface area contributed by atoms with E-state index < -0.39 is 0 Å². The van der Waals surface area contributed by atoms with Gasteiger partial charge in [-0.3, -0.25) is 4.79 Å². The van der Waals surface area contributed by atoms with Crippen molar-refractivity contribution in [1.82, 2.24) is 4.90 Å². The SMILES string of the molecule is C[C@@H]1CCCN(C(=O)C2CCC2)[C@H]1CN. The average molecular weight is 210 g/mol. The molecule has 2 atom stereocenters. The molecule has 1 saturated carbocycles. The first-order chi connectivity index (χ1) is 7.24. The lowest BCUT2D eigenvalue weighted by Gasteiger charge is -2.42. The third-order valence-electron chi connectivity index (χ3n) is 4.09. The minimum absolute atomic E-state index is 0.298. The Morgan fingerprint density at radius 2 is 2.07 bits per heavy atom. The molecule has 2 fully saturated rings. The minimum atomic E-state index is 0.298. The van der Waals surface area contributed by atoms with Crippen molar-refractivity contribution < 1.29 is 4.79 Å². The van der Waals surface area contributed by atoms with Crippen LogP contribution in [0.2, 0.25) is 0 Å². The maximum atomic E-state index is 12.2. The van der Waals surface area contributed by atoms with E-state index in [0.29, 0.717) is 30.3 Å². The van der Waals surface area contributed by atoms with Crippen molar-refractivity contribution >= 4 is 5.91 Å². The van der Waals surface area contributed by atoms with Gasteiger partial charge in [0.25, 0.3) is 0 Å². The highest BCUT2D eigenvalue weighted by atomic mass is 16.2. The van der Waals surface area contributed by atoms with E-state index in [-0.39, 0.29) is 0 Å². The lowest BCUT2D eigenvalue weighted by Crippen LogP contribution is -2.53. The number of nitrogens with zero attached hydrogens (tertiary/aromatic N) is 1. The van der Waals surface area contributed by atoms with Gasteiger partial charge in [0.05, 0.1) is 0 Å². The summed E-state index contributed by atoms with van der Waals surface area (Å²) in [6.07, 6.45) is 5.79. The van der Waals surface area contributed by atoms with Gasteiger partial charge in [0.2, 0.25) is 5.91 Å². The molecule has 0 aromatic heterocycles. The maximum absolute atomic E-state index is 12.2. The van der Waals surface area contributed by atoms with Crippen LogP contribution < -0.4 is 5.73 Å². The van der Waals surface area contributed by atoms with Crippen LogP contribution in [0.25, 0.3) is 0 Å². The third-order valence-corrected chi connectivity index (χ3v) is 4.09. The van der Waals surface area contributed by atoms with Gasteiger partial charge in [-0.2, -0.15) is 0 Å². The highest BCUT2D eigenvalue weighted by Gasteiger charge is 2.36. The molecular formula is C12H22N2O. The summed E-state index contributed by atoms with van der Waals surface area (Å²) < 4.78 is 0. The van der Waals surface area contributed by atoms with Gasteiger partial charge >= 0.3 is 0 Å². The second kappa shape index (κ2) is 4.52. The highest BCUT2D eigenvalue weighted by molar-refractivity contribution is 5.80. The maximum Gasteiger partial charge on any atom is 0.225 e. The van der Waals surface area contributed by atoms with E-state index in [1.165, 1.54) is 12.8 Å². The van der Waals surface area contributed by atoms with Crippen molar-refractivity contribution in [3.63, 3.8) is 0 Å². The van der Waals surface area contributed by atoms with Gasteiger partial charge in [0.1, 0.15) is 0 Å².